The van der Waals surface area contributed by atoms with E-state index in [1.54, 1.807) is 0 Å². The average molecular weight is 269 g/mol. The van der Waals surface area contributed by atoms with Gasteiger partial charge in [-0.25, -0.2) is 0 Å². The molecule has 0 spiro atoms. The van der Waals surface area contributed by atoms with Gasteiger partial charge in [-0.15, -0.1) is 0 Å². The van der Waals surface area contributed by atoms with Crippen molar-refractivity contribution in [3.05, 3.63) is 53.3 Å². The third kappa shape index (κ3) is 3.48. The molecule has 2 aromatic rings. The van der Waals surface area contributed by atoms with Crippen LogP contribution in [0, 0.1) is 6.92 Å². The van der Waals surface area contributed by atoms with Crippen LogP contribution in [0.2, 0.25) is 0 Å². The molecule has 1 saturated carbocycles. The van der Waals surface area contributed by atoms with Gasteiger partial charge < -0.3 is 5.32 Å². The van der Waals surface area contributed by atoms with Crippen molar-refractivity contribution >= 4 is 0 Å². The lowest BCUT2D eigenvalue weighted by molar-refractivity contribution is 0.611. The Labute approximate surface area is 121 Å². The molecule has 3 heteroatoms. The quantitative estimate of drug-likeness (QED) is 0.873. The highest BCUT2D eigenvalue weighted by molar-refractivity contribution is 5.25. The molecule has 1 N–H and O–H groups in total. The molecule has 3 rings (SSSR count). The molecule has 0 saturated heterocycles. The maximum absolute atomic E-state index is 4.33. The van der Waals surface area contributed by atoms with Gasteiger partial charge in [-0.3, -0.25) is 4.68 Å². The minimum absolute atomic E-state index is 0.580. The van der Waals surface area contributed by atoms with E-state index in [0.717, 1.165) is 19.1 Å². The summed E-state index contributed by atoms with van der Waals surface area (Å²) in [5.41, 5.74) is 3.93. The molecular formula is C17H23N3. The Morgan fingerprint density at radius 3 is 2.65 bits per heavy atom. The lowest BCUT2D eigenvalue weighted by Crippen LogP contribution is -2.22. The zero-order valence-corrected chi connectivity index (χ0v) is 12.3. The number of hydrogen-bond acceptors (Lipinski definition) is 2. The van der Waals surface area contributed by atoms with Crippen molar-refractivity contribution in [2.24, 2.45) is 0 Å². The monoisotopic (exact) mass is 269 g/mol. The highest BCUT2D eigenvalue weighted by Crippen LogP contribution is 2.21. The lowest BCUT2D eigenvalue weighted by Gasteiger charge is -2.13. The lowest BCUT2D eigenvalue weighted by atomic mass is 10.00. The van der Waals surface area contributed by atoms with E-state index >= 15 is 0 Å². The highest BCUT2D eigenvalue weighted by Gasteiger charge is 2.21. The summed E-state index contributed by atoms with van der Waals surface area (Å²) in [7, 11) is 0. The minimum Gasteiger partial charge on any atom is -0.313 e. The molecule has 0 radical (unpaired) electrons. The van der Waals surface area contributed by atoms with Crippen LogP contribution >= 0.6 is 0 Å². The Bertz CT molecular complexity index is 552. The summed E-state index contributed by atoms with van der Waals surface area (Å²) >= 11 is 0. The van der Waals surface area contributed by atoms with Gasteiger partial charge in [-0.1, -0.05) is 31.2 Å². The summed E-state index contributed by atoms with van der Waals surface area (Å²) in [6.07, 6.45) is 6.69. The van der Waals surface area contributed by atoms with Gasteiger partial charge in [0.15, 0.2) is 0 Å². The molecule has 0 amide bonds. The number of benzene rings is 1. The van der Waals surface area contributed by atoms with Crippen LogP contribution in [0.3, 0.4) is 0 Å². The molecule has 20 heavy (non-hydrogen) atoms. The number of aromatic nitrogens is 2. The van der Waals surface area contributed by atoms with Gasteiger partial charge in [0.1, 0.15) is 0 Å². The summed E-state index contributed by atoms with van der Waals surface area (Å²) in [4.78, 5) is 0. The second-order valence-electron chi connectivity index (χ2n) is 6.04. The van der Waals surface area contributed by atoms with Crippen LogP contribution < -0.4 is 5.32 Å². The molecule has 0 bridgehead atoms. The van der Waals surface area contributed by atoms with Gasteiger partial charge in [0.2, 0.25) is 0 Å². The highest BCUT2D eigenvalue weighted by atomic mass is 15.3. The molecule has 1 fully saturated rings. The molecule has 1 atom stereocenters. The number of nitrogens with one attached hydrogen (secondary N) is 1. The molecule has 0 aliphatic heterocycles. The van der Waals surface area contributed by atoms with Crippen molar-refractivity contribution in [2.75, 3.05) is 6.54 Å². The van der Waals surface area contributed by atoms with Gasteiger partial charge in [-0.2, -0.15) is 5.10 Å². The topological polar surface area (TPSA) is 29.9 Å². The Morgan fingerprint density at radius 2 is 2.05 bits per heavy atom. The molecule has 3 nitrogen and oxygen atoms in total. The molecule has 106 valence electrons. The molecule has 1 aliphatic carbocycles. The fraction of sp³-hybridized carbons (Fsp3) is 0.471. The van der Waals surface area contributed by atoms with Gasteiger partial charge in [0.25, 0.3) is 0 Å². The van der Waals surface area contributed by atoms with Crippen LogP contribution in [0.15, 0.2) is 36.7 Å². The van der Waals surface area contributed by atoms with Gasteiger partial charge in [0.05, 0.1) is 12.7 Å². The summed E-state index contributed by atoms with van der Waals surface area (Å²) < 4.78 is 1.99. The number of nitrogens with zero attached hydrogens (tertiary/aromatic N) is 2. The van der Waals surface area contributed by atoms with Gasteiger partial charge >= 0.3 is 0 Å². The SMILES string of the molecule is Cc1cnn(Cc2ccc(C(C)CNC3CC3)cc2)c1. The molecule has 1 aliphatic rings. The summed E-state index contributed by atoms with van der Waals surface area (Å²) in [5, 5.41) is 7.93. The van der Waals surface area contributed by atoms with Crippen LogP contribution in [0.4, 0.5) is 0 Å². The number of aryl methyl sites for hydroxylation is 1. The summed E-state index contributed by atoms with van der Waals surface area (Å²) in [6, 6.07) is 9.75. The van der Waals surface area contributed by atoms with E-state index in [1.165, 1.54) is 29.5 Å². The van der Waals surface area contributed by atoms with Crippen LogP contribution in [0.1, 0.15) is 42.4 Å². The van der Waals surface area contributed by atoms with E-state index in [9.17, 15) is 0 Å². The second kappa shape index (κ2) is 5.80. The van der Waals surface area contributed by atoms with E-state index in [4.69, 9.17) is 0 Å². The van der Waals surface area contributed by atoms with E-state index in [1.807, 2.05) is 10.9 Å². The van der Waals surface area contributed by atoms with E-state index in [2.05, 4.69) is 54.7 Å². The largest absolute Gasteiger partial charge is 0.313 e. The normalized spacial score (nSPS) is 16.3. The van der Waals surface area contributed by atoms with Crippen LogP contribution in [0.25, 0.3) is 0 Å². The van der Waals surface area contributed by atoms with Crippen LogP contribution in [-0.2, 0) is 6.54 Å². The van der Waals surface area contributed by atoms with Crippen molar-refractivity contribution in [3.8, 4) is 0 Å². The third-order valence-corrected chi connectivity index (χ3v) is 3.95. The molecule has 1 unspecified atom stereocenters. The van der Waals surface area contributed by atoms with Crippen molar-refractivity contribution < 1.29 is 0 Å². The van der Waals surface area contributed by atoms with Crippen molar-refractivity contribution in [1.29, 1.82) is 0 Å². The summed E-state index contributed by atoms with van der Waals surface area (Å²) in [6.45, 7) is 6.30. The second-order valence-corrected chi connectivity index (χ2v) is 6.04. The summed E-state index contributed by atoms with van der Waals surface area (Å²) in [5.74, 6) is 0.580. The zero-order chi connectivity index (χ0) is 13.9. The first-order valence-corrected chi connectivity index (χ1v) is 7.52. The molecular weight excluding hydrogens is 246 g/mol. The molecule has 1 aromatic carbocycles. The fourth-order valence-electron chi connectivity index (χ4n) is 2.44. The Morgan fingerprint density at radius 1 is 1.30 bits per heavy atom. The molecule has 1 aromatic heterocycles. The van der Waals surface area contributed by atoms with Gasteiger partial charge in [0, 0.05) is 18.8 Å². The average Bonchev–Trinajstić information content (AvgIpc) is 3.20. The minimum atomic E-state index is 0.580. The van der Waals surface area contributed by atoms with Crippen LogP contribution in [-0.4, -0.2) is 22.4 Å². The Kier molecular flexibility index (Phi) is 3.88. The first-order valence-electron chi connectivity index (χ1n) is 7.52. The zero-order valence-electron chi connectivity index (χ0n) is 12.3. The predicted octanol–water partition coefficient (Wildman–Crippen LogP) is 3.10. The van der Waals surface area contributed by atoms with Crippen LogP contribution in [0.5, 0.6) is 0 Å². The van der Waals surface area contributed by atoms with Gasteiger partial charge in [-0.05, 0) is 42.4 Å². The van der Waals surface area contributed by atoms with E-state index in [-0.39, 0.29) is 0 Å². The number of rotatable bonds is 6. The third-order valence-electron chi connectivity index (χ3n) is 3.95. The Hall–Kier alpha value is -1.61. The van der Waals surface area contributed by atoms with Crippen molar-refractivity contribution in [1.82, 2.24) is 15.1 Å². The molecule has 1 heterocycles. The maximum Gasteiger partial charge on any atom is 0.0659 e. The van der Waals surface area contributed by atoms with E-state index in [0.29, 0.717) is 5.92 Å². The first-order chi connectivity index (χ1) is 9.70. The van der Waals surface area contributed by atoms with Crippen molar-refractivity contribution in [3.63, 3.8) is 0 Å². The standard InChI is InChI=1S/C17H23N3/c1-13-9-19-20(11-13)12-15-3-5-16(6-4-15)14(2)10-18-17-7-8-17/h3-6,9,11,14,17-18H,7-8,10,12H2,1-2H3. The maximum atomic E-state index is 4.33. The predicted molar refractivity (Wildman–Crippen MR) is 81.9 cm³/mol. The van der Waals surface area contributed by atoms with E-state index < -0.39 is 0 Å². The number of hydrogen-bond donors (Lipinski definition) is 1. The fourth-order valence-corrected chi connectivity index (χ4v) is 2.44. The Balaban J connectivity index is 1.58. The smallest absolute Gasteiger partial charge is 0.0659 e. The van der Waals surface area contributed by atoms with Crippen molar-refractivity contribution in [2.45, 2.75) is 45.2 Å². The first kappa shape index (κ1) is 13.4.